The van der Waals surface area contributed by atoms with E-state index >= 15 is 0 Å². The van der Waals surface area contributed by atoms with Crippen LogP contribution in [0.15, 0.2) is 11.6 Å². The quantitative estimate of drug-likeness (QED) is 0.701. The van der Waals surface area contributed by atoms with Crippen molar-refractivity contribution in [2.75, 3.05) is 26.2 Å². The minimum Gasteiger partial charge on any atom is -0.449 e. The monoisotopic (exact) mass is 226 g/mol. The molecular weight excluding hydrogens is 204 g/mol. The second-order valence-corrected chi connectivity index (χ2v) is 4.49. The molecular formula is C12H22N2O2. The molecule has 4 heteroatoms. The largest absolute Gasteiger partial charge is 0.449 e. The van der Waals surface area contributed by atoms with Gasteiger partial charge < -0.3 is 15.4 Å². The van der Waals surface area contributed by atoms with Gasteiger partial charge in [0.25, 0.3) is 0 Å². The van der Waals surface area contributed by atoms with E-state index in [9.17, 15) is 4.79 Å². The molecule has 0 aliphatic carbocycles. The van der Waals surface area contributed by atoms with Gasteiger partial charge in [0.2, 0.25) is 0 Å². The SMILES string of the molecule is CC(C)COC(=O)NCCC1=CCNCC1. The molecule has 0 aromatic carbocycles. The zero-order chi connectivity index (χ0) is 11.8. The van der Waals surface area contributed by atoms with Gasteiger partial charge in [0.15, 0.2) is 0 Å². The fourth-order valence-electron chi connectivity index (χ4n) is 1.52. The van der Waals surface area contributed by atoms with Crippen molar-refractivity contribution in [2.45, 2.75) is 26.7 Å². The van der Waals surface area contributed by atoms with E-state index in [2.05, 4.69) is 16.7 Å². The third kappa shape index (κ3) is 5.75. The first-order valence-corrected chi connectivity index (χ1v) is 5.97. The van der Waals surface area contributed by atoms with Gasteiger partial charge in [-0.3, -0.25) is 0 Å². The third-order valence-electron chi connectivity index (χ3n) is 2.42. The van der Waals surface area contributed by atoms with Crippen molar-refractivity contribution in [1.82, 2.24) is 10.6 Å². The van der Waals surface area contributed by atoms with Gasteiger partial charge in [-0.05, 0) is 25.3 Å². The predicted octanol–water partition coefficient (Wildman–Crippen LogP) is 1.68. The van der Waals surface area contributed by atoms with Crippen LogP contribution in [0.25, 0.3) is 0 Å². The minimum atomic E-state index is -0.303. The van der Waals surface area contributed by atoms with Gasteiger partial charge in [0.1, 0.15) is 0 Å². The first-order chi connectivity index (χ1) is 7.68. The molecule has 0 spiro atoms. The van der Waals surface area contributed by atoms with Crippen LogP contribution in [0.1, 0.15) is 26.7 Å². The molecule has 0 aromatic rings. The Morgan fingerprint density at radius 1 is 1.62 bits per heavy atom. The molecule has 4 nitrogen and oxygen atoms in total. The van der Waals surface area contributed by atoms with Gasteiger partial charge >= 0.3 is 6.09 Å². The average molecular weight is 226 g/mol. The molecule has 1 aliphatic heterocycles. The summed E-state index contributed by atoms with van der Waals surface area (Å²) in [5.74, 6) is 0.387. The van der Waals surface area contributed by atoms with E-state index in [-0.39, 0.29) is 6.09 Å². The van der Waals surface area contributed by atoms with Crippen LogP contribution < -0.4 is 10.6 Å². The van der Waals surface area contributed by atoms with E-state index < -0.39 is 0 Å². The summed E-state index contributed by atoms with van der Waals surface area (Å²) >= 11 is 0. The normalized spacial score (nSPS) is 15.8. The van der Waals surface area contributed by atoms with Gasteiger partial charge in [-0.15, -0.1) is 0 Å². The van der Waals surface area contributed by atoms with E-state index in [0.717, 1.165) is 25.9 Å². The highest BCUT2D eigenvalue weighted by Gasteiger charge is 2.05. The number of rotatable bonds is 5. The van der Waals surface area contributed by atoms with Crippen LogP contribution in [0.2, 0.25) is 0 Å². The van der Waals surface area contributed by atoms with Crippen molar-refractivity contribution in [3.05, 3.63) is 11.6 Å². The number of hydrogen-bond acceptors (Lipinski definition) is 3. The van der Waals surface area contributed by atoms with Gasteiger partial charge in [-0.25, -0.2) is 4.79 Å². The number of alkyl carbamates (subject to hydrolysis) is 1. The molecule has 0 radical (unpaired) electrons. The van der Waals surface area contributed by atoms with Gasteiger partial charge in [-0.1, -0.05) is 25.5 Å². The number of amides is 1. The van der Waals surface area contributed by atoms with Crippen LogP contribution in [0.5, 0.6) is 0 Å². The third-order valence-corrected chi connectivity index (χ3v) is 2.42. The number of carbonyl (C=O) groups excluding carboxylic acids is 1. The lowest BCUT2D eigenvalue weighted by molar-refractivity contribution is 0.133. The molecule has 1 rings (SSSR count). The maximum atomic E-state index is 11.2. The molecule has 92 valence electrons. The summed E-state index contributed by atoms with van der Waals surface area (Å²) in [5.41, 5.74) is 1.42. The lowest BCUT2D eigenvalue weighted by Crippen LogP contribution is -2.28. The lowest BCUT2D eigenvalue weighted by Gasteiger charge is -2.14. The van der Waals surface area contributed by atoms with Gasteiger partial charge in [-0.2, -0.15) is 0 Å². The molecule has 1 aliphatic rings. The van der Waals surface area contributed by atoms with Crippen LogP contribution >= 0.6 is 0 Å². The zero-order valence-electron chi connectivity index (χ0n) is 10.2. The highest BCUT2D eigenvalue weighted by Crippen LogP contribution is 2.07. The topological polar surface area (TPSA) is 50.4 Å². The van der Waals surface area contributed by atoms with Crippen molar-refractivity contribution in [3.8, 4) is 0 Å². The van der Waals surface area contributed by atoms with Crippen molar-refractivity contribution < 1.29 is 9.53 Å². The molecule has 0 saturated carbocycles. The van der Waals surface area contributed by atoms with Crippen LogP contribution in [-0.4, -0.2) is 32.3 Å². The van der Waals surface area contributed by atoms with Crippen LogP contribution in [0.3, 0.4) is 0 Å². The molecule has 0 fully saturated rings. The summed E-state index contributed by atoms with van der Waals surface area (Å²) in [6.45, 7) is 7.19. The Labute approximate surface area is 97.4 Å². The first kappa shape index (κ1) is 13.0. The number of ether oxygens (including phenoxy) is 1. The van der Waals surface area contributed by atoms with E-state index in [4.69, 9.17) is 4.74 Å². The second kappa shape index (κ2) is 7.28. The Hall–Kier alpha value is -1.03. The first-order valence-electron chi connectivity index (χ1n) is 5.97. The Bertz CT molecular complexity index is 249. The van der Waals surface area contributed by atoms with Crippen molar-refractivity contribution in [1.29, 1.82) is 0 Å². The molecule has 0 aromatic heterocycles. The molecule has 2 N–H and O–H groups in total. The van der Waals surface area contributed by atoms with E-state index in [1.807, 2.05) is 13.8 Å². The summed E-state index contributed by atoms with van der Waals surface area (Å²) in [4.78, 5) is 11.2. The molecule has 0 saturated heterocycles. The lowest BCUT2D eigenvalue weighted by atomic mass is 10.1. The molecule has 16 heavy (non-hydrogen) atoms. The second-order valence-electron chi connectivity index (χ2n) is 4.49. The fourth-order valence-corrected chi connectivity index (χ4v) is 1.52. The Morgan fingerprint density at radius 3 is 3.06 bits per heavy atom. The maximum Gasteiger partial charge on any atom is 0.407 e. The van der Waals surface area contributed by atoms with Crippen molar-refractivity contribution in [3.63, 3.8) is 0 Å². The van der Waals surface area contributed by atoms with E-state index in [1.54, 1.807) is 0 Å². The van der Waals surface area contributed by atoms with Crippen molar-refractivity contribution in [2.24, 2.45) is 5.92 Å². The summed E-state index contributed by atoms with van der Waals surface area (Å²) < 4.78 is 5.01. The number of carbonyl (C=O) groups is 1. The fraction of sp³-hybridized carbons (Fsp3) is 0.750. The summed E-state index contributed by atoms with van der Waals surface area (Å²) in [7, 11) is 0. The molecule has 0 unspecified atom stereocenters. The minimum absolute atomic E-state index is 0.303. The number of hydrogen-bond donors (Lipinski definition) is 2. The zero-order valence-corrected chi connectivity index (χ0v) is 10.2. The summed E-state index contributed by atoms with van der Waals surface area (Å²) in [6.07, 6.45) is 3.91. The standard InChI is InChI=1S/C12H22N2O2/c1-10(2)9-16-12(15)14-8-5-11-3-6-13-7-4-11/h3,10,13H,4-9H2,1-2H3,(H,14,15). The molecule has 1 amide bonds. The molecule has 0 atom stereocenters. The summed E-state index contributed by atoms with van der Waals surface area (Å²) in [5, 5.41) is 6.02. The Balaban J connectivity index is 2.05. The summed E-state index contributed by atoms with van der Waals surface area (Å²) in [6, 6.07) is 0. The molecule has 0 bridgehead atoms. The number of nitrogens with one attached hydrogen (secondary N) is 2. The van der Waals surface area contributed by atoms with Crippen molar-refractivity contribution >= 4 is 6.09 Å². The highest BCUT2D eigenvalue weighted by molar-refractivity contribution is 5.67. The van der Waals surface area contributed by atoms with Crippen LogP contribution in [0.4, 0.5) is 4.79 Å². The van der Waals surface area contributed by atoms with E-state index in [1.165, 1.54) is 5.57 Å². The smallest absolute Gasteiger partial charge is 0.407 e. The van der Waals surface area contributed by atoms with Crippen LogP contribution in [0, 0.1) is 5.92 Å². The molecule has 1 heterocycles. The highest BCUT2D eigenvalue weighted by atomic mass is 16.5. The van der Waals surface area contributed by atoms with E-state index in [0.29, 0.717) is 19.1 Å². The van der Waals surface area contributed by atoms with Gasteiger partial charge in [0.05, 0.1) is 6.61 Å². The Kier molecular flexibility index (Phi) is 5.93. The Morgan fingerprint density at radius 2 is 2.44 bits per heavy atom. The average Bonchev–Trinajstić information content (AvgIpc) is 2.28. The maximum absolute atomic E-state index is 11.2. The van der Waals surface area contributed by atoms with Gasteiger partial charge in [0, 0.05) is 13.1 Å². The van der Waals surface area contributed by atoms with Crippen LogP contribution in [-0.2, 0) is 4.74 Å². The predicted molar refractivity (Wildman–Crippen MR) is 64.4 cm³/mol.